The lowest BCUT2D eigenvalue weighted by molar-refractivity contribution is -0.141. The average molecular weight is 348 g/mol. The van der Waals surface area contributed by atoms with E-state index in [0.717, 1.165) is 24.2 Å². The number of rotatable bonds is 10. The van der Waals surface area contributed by atoms with Gasteiger partial charge in [-0.05, 0) is 43.9 Å². The Kier molecular flexibility index (Phi) is 9.03. The summed E-state index contributed by atoms with van der Waals surface area (Å²) in [6.07, 6.45) is 2.67. The summed E-state index contributed by atoms with van der Waals surface area (Å²) in [7, 11) is 1.62. The number of methoxy groups -OCH3 is 1. The van der Waals surface area contributed by atoms with Crippen LogP contribution in [0.5, 0.6) is 5.75 Å². The molecule has 1 aromatic carbocycles. The van der Waals surface area contributed by atoms with Crippen LogP contribution >= 0.6 is 0 Å². The minimum absolute atomic E-state index is 0.0180. The SMILES string of the molecule is CCCC(=O)N(Cc1ccc(OC)cc1)C(CC)C(=O)NC(C)CC. The Morgan fingerprint density at radius 1 is 1.12 bits per heavy atom. The Labute approximate surface area is 151 Å². The third-order valence-corrected chi connectivity index (χ3v) is 4.36. The van der Waals surface area contributed by atoms with Crippen LogP contribution in [0.25, 0.3) is 0 Å². The molecular formula is C20H32N2O3. The third-order valence-electron chi connectivity index (χ3n) is 4.36. The first-order valence-electron chi connectivity index (χ1n) is 9.19. The fraction of sp³-hybridized carbons (Fsp3) is 0.600. The molecule has 0 saturated carbocycles. The maximum atomic E-state index is 12.7. The van der Waals surface area contributed by atoms with Crippen LogP contribution in [0.2, 0.25) is 0 Å². The summed E-state index contributed by atoms with van der Waals surface area (Å²) in [6.45, 7) is 8.36. The number of nitrogens with one attached hydrogen (secondary N) is 1. The monoisotopic (exact) mass is 348 g/mol. The average Bonchev–Trinajstić information content (AvgIpc) is 2.62. The highest BCUT2D eigenvalue weighted by Gasteiger charge is 2.28. The molecule has 2 atom stereocenters. The first-order chi connectivity index (χ1) is 12.0. The van der Waals surface area contributed by atoms with Gasteiger partial charge in [-0.25, -0.2) is 0 Å². The molecule has 2 unspecified atom stereocenters. The lowest BCUT2D eigenvalue weighted by Gasteiger charge is -2.31. The highest BCUT2D eigenvalue weighted by molar-refractivity contribution is 5.87. The molecule has 0 spiro atoms. The van der Waals surface area contributed by atoms with E-state index in [4.69, 9.17) is 4.74 Å². The summed E-state index contributed by atoms with van der Waals surface area (Å²) in [5.74, 6) is 0.719. The van der Waals surface area contributed by atoms with E-state index in [-0.39, 0.29) is 17.9 Å². The molecule has 2 amide bonds. The summed E-state index contributed by atoms with van der Waals surface area (Å²) in [5, 5.41) is 3.01. The number of ether oxygens (including phenoxy) is 1. The van der Waals surface area contributed by atoms with Crippen LogP contribution in [0, 0.1) is 0 Å². The van der Waals surface area contributed by atoms with Crippen molar-refractivity contribution in [3.8, 4) is 5.75 Å². The van der Waals surface area contributed by atoms with Crippen molar-refractivity contribution in [3.05, 3.63) is 29.8 Å². The van der Waals surface area contributed by atoms with Crippen LogP contribution in [-0.4, -0.2) is 35.9 Å². The Morgan fingerprint density at radius 2 is 1.76 bits per heavy atom. The Balaban J connectivity index is 2.99. The lowest BCUT2D eigenvalue weighted by atomic mass is 10.1. The third kappa shape index (κ3) is 6.40. The zero-order valence-corrected chi connectivity index (χ0v) is 16.2. The highest BCUT2D eigenvalue weighted by atomic mass is 16.5. The molecule has 1 N–H and O–H groups in total. The number of carbonyl (C=O) groups excluding carboxylic acids is 2. The molecular weight excluding hydrogens is 316 g/mol. The van der Waals surface area contributed by atoms with Gasteiger partial charge in [-0.3, -0.25) is 9.59 Å². The second-order valence-electron chi connectivity index (χ2n) is 6.36. The number of nitrogens with zero attached hydrogens (tertiary/aromatic N) is 1. The largest absolute Gasteiger partial charge is 0.497 e. The topological polar surface area (TPSA) is 58.6 Å². The number of amides is 2. The highest BCUT2D eigenvalue weighted by Crippen LogP contribution is 2.17. The van der Waals surface area contributed by atoms with E-state index in [0.29, 0.717) is 19.4 Å². The van der Waals surface area contributed by atoms with Crippen molar-refractivity contribution in [2.75, 3.05) is 7.11 Å². The lowest BCUT2D eigenvalue weighted by Crippen LogP contribution is -2.50. The predicted octanol–water partition coefficient (Wildman–Crippen LogP) is 3.52. The Bertz CT molecular complexity index is 542. The van der Waals surface area contributed by atoms with Crippen molar-refractivity contribution in [1.29, 1.82) is 0 Å². The van der Waals surface area contributed by atoms with Gasteiger partial charge in [0.05, 0.1) is 7.11 Å². The fourth-order valence-electron chi connectivity index (χ4n) is 2.65. The molecule has 1 aromatic rings. The van der Waals surface area contributed by atoms with E-state index in [1.165, 1.54) is 0 Å². The van der Waals surface area contributed by atoms with Gasteiger partial charge in [-0.1, -0.05) is 32.9 Å². The van der Waals surface area contributed by atoms with Crippen molar-refractivity contribution < 1.29 is 14.3 Å². The number of hydrogen-bond acceptors (Lipinski definition) is 3. The smallest absolute Gasteiger partial charge is 0.243 e. The minimum Gasteiger partial charge on any atom is -0.497 e. The van der Waals surface area contributed by atoms with Gasteiger partial charge in [0.15, 0.2) is 0 Å². The van der Waals surface area contributed by atoms with Gasteiger partial charge in [0.1, 0.15) is 11.8 Å². The van der Waals surface area contributed by atoms with E-state index in [1.54, 1.807) is 12.0 Å². The van der Waals surface area contributed by atoms with Crippen LogP contribution in [-0.2, 0) is 16.1 Å². The molecule has 0 bridgehead atoms. The molecule has 1 rings (SSSR count). The molecule has 140 valence electrons. The molecule has 0 saturated heterocycles. The molecule has 0 aromatic heterocycles. The van der Waals surface area contributed by atoms with E-state index in [2.05, 4.69) is 5.32 Å². The number of hydrogen-bond donors (Lipinski definition) is 1. The van der Waals surface area contributed by atoms with Crippen molar-refractivity contribution in [1.82, 2.24) is 10.2 Å². The van der Waals surface area contributed by atoms with Gasteiger partial charge >= 0.3 is 0 Å². The quantitative estimate of drug-likeness (QED) is 0.704. The second-order valence-corrected chi connectivity index (χ2v) is 6.36. The Hall–Kier alpha value is -2.04. The first-order valence-corrected chi connectivity index (χ1v) is 9.19. The molecule has 0 radical (unpaired) electrons. The van der Waals surface area contributed by atoms with Crippen LogP contribution in [0.3, 0.4) is 0 Å². The first kappa shape index (κ1) is 21.0. The molecule has 5 nitrogen and oxygen atoms in total. The number of benzene rings is 1. The number of carbonyl (C=O) groups is 2. The standard InChI is InChI=1S/C20H32N2O3/c1-6-9-19(23)22(14-16-10-12-17(25-5)13-11-16)18(8-3)20(24)21-15(4)7-2/h10-13,15,18H,6-9,14H2,1-5H3,(H,21,24). The minimum atomic E-state index is -0.449. The Morgan fingerprint density at radius 3 is 2.24 bits per heavy atom. The van der Waals surface area contributed by atoms with Crippen LogP contribution in [0.15, 0.2) is 24.3 Å². The maximum absolute atomic E-state index is 12.7. The molecule has 0 aliphatic rings. The molecule has 5 heteroatoms. The predicted molar refractivity (Wildman–Crippen MR) is 100 cm³/mol. The van der Waals surface area contributed by atoms with Crippen LogP contribution in [0.1, 0.15) is 58.9 Å². The van der Waals surface area contributed by atoms with Crippen molar-refractivity contribution in [2.24, 2.45) is 0 Å². The van der Waals surface area contributed by atoms with E-state index >= 15 is 0 Å². The molecule has 0 aliphatic heterocycles. The fourth-order valence-corrected chi connectivity index (χ4v) is 2.65. The molecule has 25 heavy (non-hydrogen) atoms. The van der Waals surface area contributed by atoms with Gasteiger partial charge < -0.3 is 15.0 Å². The van der Waals surface area contributed by atoms with Crippen LogP contribution in [0.4, 0.5) is 0 Å². The van der Waals surface area contributed by atoms with Crippen molar-refractivity contribution in [3.63, 3.8) is 0 Å². The molecule has 0 fully saturated rings. The maximum Gasteiger partial charge on any atom is 0.243 e. The van der Waals surface area contributed by atoms with Crippen molar-refractivity contribution >= 4 is 11.8 Å². The molecule has 0 aliphatic carbocycles. The summed E-state index contributed by atoms with van der Waals surface area (Å²) in [5.41, 5.74) is 0.986. The summed E-state index contributed by atoms with van der Waals surface area (Å²) in [4.78, 5) is 27.0. The van der Waals surface area contributed by atoms with E-state index in [1.807, 2.05) is 52.0 Å². The van der Waals surface area contributed by atoms with Gasteiger partial charge in [0.25, 0.3) is 0 Å². The molecule has 0 heterocycles. The van der Waals surface area contributed by atoms with Gasteiger partial charge in [-0.2, -0.15) is 0 Å². The van der Waals surface area contributed by atoms with E-state index in [9.17, 15) is 9.59 Å². The zero-order valence-electron chi connectivity index (χ0n) is 16.2. The van der Waals surface area contributed by atoms with E-state index < -0.39 is 6.04 Å². The summed E-state index contributed by atoms with van der Waals surface area (Å²) in [6, 6.07) is 7.27. The summed E-state index contributed by atoms with van der Waals surface area (Å²) >= 11 is 0. The summed E-state index contributed by atoms with van der Waals surface area (Å²) < 4.78 is 5.18. The van der Waals surface area contributed by atoms with Crippen molar-refractivity contribution in [2.45, 2.75) is 72.0 Å². The normalized spacial score (nSPS) is 13.0. The second kappa shape index (κ2) is 10.7. The van der Waals surface area contributed by atoms with Crippen LogP contribution < -0.4 is 10.1 Å². The van der Waals surface area contributed by atoms with Gasteiger partial charge in [0.2, 0.25) is 11.8 Å². The van der Waals surface area contributed by atoms with Gasteiger partial charge in [-0.15, -0.1) is 0 Å². The van der Waals surface area contributed by atoms with Gasteiger partial charge in [0, 0.05) is 19.0 Å². The zero-order chi connectivity index (χ0) is 18.8.